The van der Waals surface area contributed by atoms with E-state index in [9.17, 15) is 27.6 Å². The summed E-state index contributed by atoms with van der Waals surface area (Å²) in [6, 6.07) is 10.1. The number of esters is 1. The van der Waals surface area contributed by atoms with Crippen molar-refractivity contribution in [1.29, 1.82) is 0 Å². The smallest absolute Gasteiger partial charge is 0.434 e. The summed E-state index contributed by atoms with van der Waals surface area (Å²) in [5.74, 6) is -0.409. The van der Waals surface area contributed by atoms with Gasteiger partial charge in [-0.05, 0) is 80.6 Å². The number of fused-ring (bicyclic) bond motifs is 1. The van der Waals surface area contributed by atoms with E-state index in [4.69, 9.17) is 4.74 Å². The molecule has 4 aromatic heterocycles. The Morgan fingerprint density at radius 1 is 1.10 bits per heavy atom. The monoisotopic (exact) mass is 719 g/mol. The molecule has 1 atom stereocenters. The maximum Gasteiger partial charge on any atom is 0.434 e. The molecule has 1 aliphatic heterocycles. The zero-order chi connectivity index (χ0) is 36.1. The lowest BCUT2D eigenvalue weighted by molar-refractivity contribution is -0.140. The second-order valence-corrected chi connectivity index (χ2v) is 13.1. The third-order valence-corrected chi connectivity index (χ3v) is 9.48. The Kier molecular flexibility index (Phi) is 10.8. The van der Waals surface area contributed by atoms with Crippen molar-refractivity contribution in [3.63, 3.8) is 0 Å². The van der Waals surface area contributed by atoms with Crippen LogP contribution in [0.4, 0.5) is 23.8 Å². The van der Waals surface area contributed by atoms with Crippen molar-refractivity contribution < 1.29 is 27.5 Å². The number of nitrogens with zero attached hydrogens (tertiary/aromatic N) is 5. The van der Waals surface area contributed by atoms with Crippen LogP contribution in [0.15, 0.2) is 71.4 Å². The topological polar surface area (TPSA) is 131 Å². The van der Waals surface area contributed by atoms with Gasteiger partial charge in [0.2, 0.25) is 5.43 Å². The van der Waals surface area contributed by atoms with Crippen molar-refractivity contribution in [3.05, 3.63) is 93.6 Å². The Morgan fingerprint density at radius 2 is 1.90 bits per heavy atom. The SMILES string of the molecule is CCNC(=O)Nc1cc(-c2nc(C(F)(F)F)cs2)c(-c2ccc3c(c2)c(=O)c(C(=O)OCC)cn3CC2CCCN(Cc3ccncc3)C2)cn1. The van der Waals surface area contributed by atoms with E-state index in [1.807, 2.05) is 16.7 Å². The second kappa shape index (κ2) is 15.4. The van der Waals surface area contributed by atoms with E-state index in [1.54, 1.807) is 50.6 Å². The van der Waals surface area contributed by atoms with E-state index in [1.165, 1.54) is 17.8 Å². The summed E-state index contributed by atoms with van der Waals surface area (Å²) in [4.78, 5) is 53.9. The molecule has 15 heteroatoms. The van der Waals surface area contributed by atoms with Crippen LogP contribution in [0.3, 0.4) is 0 Å². The predicted molar refractivity (Wildman–Crippen MR) is 188 cm³/mol. The van der Waals surface area contributed by atoms with E-state index < -0.39 is 29.3 Å². The van der Waals surface area contributed by atoms with Crippen molar-refractivity contribution in [2.75, 3.05) is 31.6 Å². The summed E-state index contributed by atoms with van der Waals surface area (Å²) in [5.41, 5.74) is 1.20. The zero-order valence-corrected chi connectivity index (χ0v) is 28.8. The summed E-state index contributed by atoms with van der Waals surface area (Å²) in [7, 11) is 0. The predicted octanol–water partition coefficient (Wildman–Crippen LogP) is 6.83. The molecule has 0 saturated carbocycles. The molecule has 1 fully saturated rings. The van der Waals surface area contributed by atoms with E-state index in [-0.39, 0.29) is 39.9 Å². The van der Waals surface area contributed by atoms with Crippen LogP contribution in [0.1, 0.15) is 48.3 Å². The number of hydrogen-bond donors (Lipinski definition) is 2. The first-order valence-corrected chi connectivity index (χ1v) is 17.5. The number of nitrogens with one attached hydrogen (secondary N) is 2. The van der Waals surface area contributed by atoms with Gasteiger partial charge in [0.25, 0.3) is 0 Å². The number of hydrogen-bond acceptors (Lipinski definition) is 9. The fourth-order valence-corrected chi connectivity index (χ4v) is 7.17. The Bertz CT molecular complexity index is 2100. The van der Waals surface area contributed by atoms with Crippen molar-refractivity contribution in [3.8, 4) is 21.7 Å². The molecule has 0 aliphatic carbocycles. The lowest BCUT2D eigenvalue weighted by Crippen LogP contribution is -2.37. The second-order valence-electron chi connectivity index (χ2n) is 12.2. The first kappa shape index (κ1) is 35.7. The number of piperidine rings is 1. The molecule has 0 bridgehead atoms. The van der Waals surface area contributed by atoms with Crippen molar-refractivity contribution in [1.82, 2.24) is 29.7 Å². The normalized spacial score (nSPS) is 15.1. The van der Waals surface area contributed by atoms with Gasteiger partial charge in [0.05, 0.1) is 12.1 Å². The number of carbonyl (C=O) groups is 2. The average molecular weight is 720 g/mol. The number of pyridine rings is 3. The van der Waals surface area contributed by atoms with E-state index in [0.29, 0.717) is 29.7 Å². The van der Waals surface area contributed by atoms with Crippen LogP contribution in [-0.2, 0) is 24.0 Å². The van der Waals surface area contributed by atoms with Crippen LogP contribution in [0.5, 0.6) is 0 Å². The fraction of sp³-hybridized carbons (Fsp3) is 0.333. The number of halogens is 3. The van der Waals surface area contributed by atoms with Gasteiger partial charge in [-0.15, -0.1) is 11.3 Å². The number of amides is 2. The third kappa shape index (κ3) is 8.26. The molecule has 0 spiro atoms. The van der Waals surface area contributed by atoms with Crippen LogP contribution in [-0.4, -0.2) is 62.7 Å². The summed E-state index contributed by atoms with van der Waals surface area (Å²) in [6.07, 6.45) is 3.84. The molecular weight excluding hydrogens is 684 g/mol. The number of alkyl halides is 3. The minimum atomic E-state index is -4.66. The minimum Gasteiger partial charge on any atom is -0.462 e. The first-order chi connectivity index (χ1) is 24.5. The number of benzene rings is 1. The molecule has 1 saturated heterocycles. The van der Waals surface area contributed by atoms with E-state index >= 15 is 0 Å². The lowest BCUT2D eigenvalue weighted by atomic mass is 9.96. The maximum absolute atomic E-state index is 13.9. The Morgan fingerprint density at radius 3 is 2.63 bits per heavy atom. The van der Waals surface area contributed by atoms with Crippen molar-refractivity contribution in [2.24, 2.45) is 5.92 Å². The molecule has 1 aromatic carbocycles. The van der Waals surface area contributed by atoms with Gasteiger partial charge in [-0.3, -0.25) is 20.0 Å². The number of carbonyl (C=O) groups excluding carboxylic acids is 2. The van der Waals surface area contributed by atoms with Crippen LogP contribution < -0.4 is 16.1 Å². The molecule has 51 heavy (non-hydrogen) atoms. The molecule has 2 N–H and O–H groups in total. The van der Waals surface area contributed by atoms with E-state index in [0.717, 1.165) is 49.2 Å². The van der Waals surface area contributed by atoms with Gasteiger partial charge in [-0.25, -0.2) is 19.6 Å². The Labute approximate surface area is 295 Å². The largest absolute Gasteiger partial charge is 0.462 e. The third-order valence-electron chi connectivity index (χ3n) is 8.61. The Balaban J connectivity index is 1.41. The highest BCUT2D eigenvalue weighted by Gasteiger charge is 2.34. The molecule has 2 amide bonds. The van der Waals surface area contributed by atoms with E-state index in [2.05, 4.69) is 30.5 Å². The highest BCUT2D eigenvalue weighted by molar-refractivity contribution is 7.13. The van der Waals surface area contributed by atoms with Gasteiger partial charge in [-0.2, -0.15) is 13.2 Å². The molecule has 0 radical (unpaired) electrons. The standard InChI is InChI=1S/C36H36F3N7O4S/c1-3-41-35(49)44-31-15-25(33-43-30(21-51-33)36(37,38)39)27(16-42-31)24-7-8-29-26(14-24)32(47)28(34(48)50-4-2)20-46(29)19-23-6-5-13-45(18-23)17-22-9-11-40-12-10-22/h7-12,14-16,20-21,23H,3-6,13,17-19H2,1-2H3,(H2,41,42,44,49). The molecule has 1 unspecified atom stereocenters. The van der Waals surface area contributed by atoms with Gasteiger partial charge in [0.15, 0.2) is 5.69 Å². The number of aromatic nitrogens is 4. The van der Waals surface area contributed by atoms with Gasteiger partial charge >= 0.3 is 18.2 Å². The zero-order valence-electron chi connectivity index (χ0n) is 28.0. The Hall–Kier alpha value is -5.15. The van der Waals surface area contributed by atoms with Gasteiger partial charge in [-0.1, -0.05) is 6.07 Å². The molecule has 11 nitrogen and oxygen atoms in total. The van der Waals surface area contributed by atoms with Gasteiger partial charge in [0.1, 0.15) is 16.4 Å². The van der Waals surface area contributed by atoms with Crippen LogP contribution >= 0.6 is 11.3 Å². The van der Waals surface area contributed by atoms with Crippen molar-refractivity contribution in [2.45, 2.75) is 46.0 Å². The quantitative estimate of drug-likeness (QED) is 0.150. The highest BCUT2D eigenvalue weighted by atomic mass is 32.1. The van der Waals surface area contributed by atoms with Crippen LogP contribution in [0, 0.1) is 5.92 Å². The fourth-order valence-electron chi connectivity index (χ4n) is 6.32. The summed E-state index contributed by atoms with van der Waals surface area (Å²) < 4.78 is 47.9. The van der Waals surface area contributed by atoms with Gasteiger partial charge in [0, 0.05) is 72.9 Å². The number of anilines is 1. The number of urea groups is 1. The summed E-state index contributed by atoms with van der Waals surface area (Å²) in [5, 5.41) is 6.38. The van der Waals surface area contributed by atoms with Crippen LogP contribution in [0.2, 0.25) is 0 Å². The number of rotatable bonds is 10. The summed E-state index contributed by atoms with van der Waals surface area (Å²) in [6.45, 7) is 6.95. The molecule has 1 aliphatic rings. The summed E-state index contributed by atoms with van der Waals surface area (Å²) >= 11 is 0.796. The van der Waals surface area contributed by atoms with Crippen LogP contribution in [0.25, 0.3) is 32.6 Å². The molecule has 6 rings (SSSR count). The minimum absolute atomic E-state index is 0.0464. The lowest BCUT2D eigenvalue weighted by Gasteiger charge is -2.33. The number of likely N-dealkylation sites (tertiary alicyclic amines) is 1. The maximum atomic E-state index is 13.9. The molecule has 266 valence electrons. The number of ether oxygens (including phenoxy) is 1. The average Bonchev–Trinajstić information content (AvgIpc) is 3.62. The van der Waals surface area contributed by atoms with Crippen molar-refractivity contribution >= 4 is 40.1 Å². The number of thiazole rings is 1. The molecular formula is C36H36F3N7O4S. The van der Waals surface area contributed by atoms with Gasteiger partial charge < -0.3 is 14.6 Å². The first-order valence-electron chi connectivity index (χ1n) is 16.6. The molecule has 5 aromatic rings. The molecule has 5 heterocycles. The highest BCUT2D eigenvalue weighted by Crippen LogP contribution is 2.39.